The Morgan fingerprint density at radius 3 is 1.69 bits per heavy atom. The van der Waals surface area contributed by atoms with Crippen LogP contribution in [-0.2, 0) is 0 Å². The predicted molar refractivity (Wildman–Crippen MR) is 204 cm³/mol. The molecule has 0 aliphatic carbocycles. The molecule has 7 nitrogen and oxygen atoms in total. The maximum absolute atomic E-state index is 6.26. The van der Waals surface area contributed by atoms with Crippen LogP contribution in [0.5, 0.6) is 0 Å². The van der Waals surface area contributed by atoms with Gasteiger partial charge in [-0.05, 0) is 91.0 Å². The molecule has 0 fully saturated rings. The minimum absolute atomic E-state index is 0.702. The van der Waals surface area contributed by atoms with Gasteiger partial charge in [-0.2, -0.15) is 0 Å². The first-order chi connectivity index (χ1) is 25.3. The Kier molecular flexibility index (Phi) is 5.83. The molecule has 7 heteroatoms. The van der Waals surface area contributed by atoms with Crippen molar-refractivity contribution in [1.29, 1.82) is 0 Å². The van der Waals surface area contributed by atoms with Crippen LogP contribution in [-0.4, -0.2) is 29.1 Å². The van der Waals surface area contributed by atoms with Crippen molar-refractivity contribution in [3.63, 3.8) is 0 Å². The van der Waals surface area contributed by atoms with Gasteiger partial charge in [-0.15, -0.1) is 0 Å². The molecule has 0 saturated carbocycles. The van der Waals surface area contributed by atoms with Crippen molar-refractivity contribution >= 4 is 66.1 Å². The molecule has 51 heavy (non-hydrogen) atoms. The second kappa shape index (κ2) is 10.7. The second-order valence-corrected chi connectivity index (χ2v) is 12.7. The summed E-state index contributed by atoms with van der Waals surface area (Å²) in [4.78, 5) is 19.9. The normalized spacial score (nSPS) is 11.9. The maximum Gasteiger partial charge on any atom is 0.155 e. The number of benzene rings is 4. The van der Waals surface area contributed by atoms with Crippen LogP contribution in [0.25, 0.3) is 100.0 Å². The van der Waals surface area contributed by atoms with Crippen molar-refractivity contribution in [3.05, 3.63) is 158 Å². The van der Waals surface area contributed by atoms with E-state index < -0.39 is 0 Å². The summed E-state index contributed by atoms with van der Waals surface area (Å²) in [6, 6.07) is 50.0. The molecule has 0 bridgehead atoms. The van der Waals surface area contributed by atoms with Gasteiger partial charge >= 0.3 is 0 Å². The molecule has 0 aliphatic rings. The minimum Gasteiger partial charge on any atom is -0.453 e. The number of aromatic nitrogens is 6. The van der Waals surface area contributed by atoms with Crippen LogP contribution in [0.3, 0.4) is 0 Å². The summed E-state index contributed by atoms with van der Waals surface area (Å²) in [5.41, 5.74) is 13.8. The van der Waals surface area contributed by atoms with Crippen molar-refractivity contribution in [3.8, 4) is 33.9 Å². The van der Waals surface area contributed by atoms with Gasteiger partial charge in [0.15, 0.2) is 11.2 Å². The Bertz CT molecular complexity index is 2930. The smallest absolute Gasteiger partial charge is 0.155 e. The molecule has 0 N–H and O–H groups in total. The van der Waals surface area contributed by atoms with E-state index in [-0.39, 0.29) is 0 Å². The van der Waals surface area contributed by atoms with Crippen molar-refractivity contribution in [2.75, 3.05) is 0 Å². The molecule has 0 saturated heterocycles. The standard InChI is InChI=1S/C44H26N6O/c1-3-9-29(10-4-1)49-36-14-8-23-45-41(36)33-18-16-28(26-38(33)49)35-20-22-40-43(48-35)42-39(51-40)21-19-34(47-42)27-15-17-31-32-13-7-24-46-44(32)50(37(31)25-27)30-11-5-2-6-12-30/h1-26H. The highest BCUT2D eigenvalue weighted by atomic mass is 16.3. The van der Waals surface area contributed by atoms with E-state index in [1.54, 1.807) is 0 Å². The maximum atomic E-state index is 6.26. The molecular formula is C44H26N6O. The molecule has 0 atom stereocenters. The van der Waals surface area contributed by atoms with E-state index in [1.165, 1.54) is 0 Å². The minimum atomic E-state index is 0.702. The van der Waals surface area contributed by atoms with Gasteiger partial charge in [0.1, 0.15) is 16.7 Å². The topological polar surface area (TPSA) is 74.6 Å². The zero-order valence-electron chi connectivity index (χ0n) is 27.1. The third-order valence-corrected chi connectivity index (χ3v) is 9.83. The summed E-state index contributed by atoms with van der Waals surface area (Å²) in [5.74, 6) is 0. The fraction of sp³-hybridized carbons (Fsp3) is 0. The van der Waals surface area contributed by atoms with E-state index >= 15 is 0 Å². The summed E-state index contributed by atoms with van der Waals surface area (Å²) >= 11 is 0. The second-order valence-electron chi connectivity index (χ2n) is 12.7. The highest BCUT2D eigenvalue weighted by Crippen LogP contribution is 2.37. The molecule has 7 heterocycles. The number of rotatable bonds is 4. The van der Waals surface area contributed by atoms with Crippen LogP contribution >= 0.6 is 0 Å². The van der Waals surface area contributed by atoms with Crippen LogP contribution in [0.15, 0.2) is 162 Å². The van der Waals surface area contributed by atoms with Gasteiger partial charge in [0.05, 0.1) is 33.5 Å². The SMILES string of the molecule is c1ccc(-n2c3cc(-c4ccc5oc6ccc(-c7ccc8c9cccnc9n(-c9ccccc9)c8c7)nc6c5n4)ccc3c3ncccc32)cc1. The number of hydrogen-bond donors (Lipinski definition) is 0. The van der Waals surface area contributed by atoms with Gasteiger partial charge in [-0.25, -0.2) is 15.0 Å². The Morgan fingerprint density at radius 2 is 1.00 bits per heavy atom. The molecule has 7 aromatic heterocycles. The molecular weight excluding hydrogens is 629 g/mol. The molecule has 4 aromatic carbocycles. The number of para-hydroxylation sites is 2. The molecule has 0 spiro atoms. The van der Waals surface area contributed by atoms with Gasteiger partial charge in [-0.1, -0.05) is 54.6 Å². The quantitative estimate of drug-likeness (QED) is 0.189. The first-order valence-electron chi connectivity index (χ1n) is 16.9. The Labute approximate surface area is 290 Å². The van der Waals surface area contributed by atoms with Crippen LogP contribution < -0.4 is 0 Å². The molecule has 238 valence electrons. The number of fused-ring (bicyclic) bond motifs is 9. The summed E-state index contributed by atoms with van der Waals surface area (Å²) in [6.07, 6.45) is 3.70. The van der Waals surface area contributed by atoms with Crippen LogP contribution in [0.4, 0.5) is 0 Å². The van der Waals surface area contributed by atoms with Crippen molar-refractivity contribution in [2.24, 2.45) is 0 Å². The summed E-state index contributed by atoms with van der Waals surface area (Å²) < 4.78 is 10.7. The third kappa shape index (κ3) is 4.18. The Hall–Kier alpha value is -7.12. The van der Waals surface area contributed by atoms with E-state index in [1.807, 2.05) is 60.9 Å². The van der Waals surface area contributed by atoms with Gasteiger partial charge in [0.2, 0.25) is 0 Å². The molecule has 0 aliphatic heterocycles. The average molecular weight is 655 g/mol. The van der Waals surface area contributed by atoms with Gasteiger partial charge in [-0.3, -0.25) is 9.55 Å². The van der Waals surface area contributed by atoms with Crippen LogP contribution in [0.1, 0.15) is 0 Å². The largest absolute Gasteiger partial charge is 0.453 e. The zero-order chi connectivity index (χ0) is 33.5. The van der Waals surface area contributed by atoms with Gasteiger partial charge in [0.25, 0.3) is 0 Å². The average Bonchev–Trinajstić information content (AvgIpc) is 3.85. The first-order valence-corrected chi connectivity index (χ1v) is 16.9. The lowest BCUT2D eigenvalue weighted by atomic mass is 10.1. The monoisotopic (exact) mass is 654 g/mol. The molecule has 0 amide bonds. The summed E-state index contributed by atoms with van der Waals surface area (Å²) in [5, 5.41) is 3.35. The van der Waals surface area contributed by atoms with Gasteiger partial charge < -0.3 is 8.98 Å². The summed E-state index contributed by atoms with van der Waals surface area (Å²) in [7, 11) is 0. The van der Waals surface area contributed by atoms with Crippen molar-refractivity contribution in [2.45, 2.75) is 0 Å². The van der Waals surface area contributed by atoms with E-state index in [9.17, 15) is 0 Å². The summed E-state index contributed by atoms with van der Waals surface area (Å²) in [6.45, 7) is 0. The molecule has 0 unspecified atom stereocenters. The van der Waals surface area contributed by atoms with Crippen molar-refractivity contribution in [1.82, 2.24) is 29.1 Å². The zero-order valence-corrected chi connectivity index (χ0v) is 27.1. The lowest BCUT2D eigenvalue weighted by Gasteiger charge is -2.08. The lowest BCUT2D eigenvalue weighted by molar-refractivity contribution is 0.667. The van der Waals surface area contributed by atoms with E-state index in [4.69, 9.17) is 24.4 Å². The molecule has 11 rings (SSSR count). The van der Waals surface area contributed by atoms with E-state index in [0.717, 1.165) is 88.8 Å². The van der Waals surface area contributed by atoms with Crippen LogP contribution in [0, 0.1) is 0 Å². The predicted octanol–water partition coefficient (Wildman–Crippen LogP) is 10.7. The third-order valence-electron chi connectivity index (χ3n) is 9.83. The lowest BCUT2D eigenvalue weighted by Crippen LogP contribution is -1.95. The highest BCUT2D eigenvalue weighted by molar-refractivity contribution is 6.10. The van der Waals surface area contributed by atoms with E-state index in [0.29, 0.717) is 11.2 Å². The first kappa shape index (κ1) is 27.8. The Morgan fingerprint density at radius 1 is 0.412 bits per heavy atom. The number of pyridine rings is 4. The number of furan rings is 1. The van der Waals surface area contributed by atoms with E-state index in [2.05, 4.69) is 106 Å². The number of nitrogens with zero attached hydrogens (tertiary/aromatic N) is 6. The molecule has 0 radical (unpaired) electrons. The number of hydrogen-bond acceptors (Lipinski definition) is 5. The Balaban J connectivity index is 1.07. The van der Waals surface area contributed by atoms with Crippen molar-refractivity contribution < 1.29 is 4.42 Å². The fourth-order valence-electron chi connectivity index (χ4n) is 7.52. The fourth-order valence-corrected chi connectivity index (χ4v) is 7.52. The van der Waals surface area contributed by atoms with Gasteiger partial charge in [0, 0.05) is 51.1 Å². The highest BCUT2D eigenvalue weighted by Gasteiger charge is 2.18. The van der Waals surface area contributed by atoms with Crippen LogP contribution in [0.2, 0.25) is 0 Å². The molecule has 11 aromatic rings.